The van der Waals surface area contributed by atoms with E-state index in [2.05, 4.69) is 10.3 Å². The number of carbonyl (C=O) groups excluding carboxylic acids is 1. The van der Waals surface area contributed by atoms with Gasteiger partial charge in [0, 0.05) is 31.3 Å². The van der Waals surface area contributed by atoms with E-state index in [0.29, 0.717) is 31.1 Å². The molecule has 0 aromatic carbocycles. The van der Waals surface area contributed by atoms with Crippen LogP contribution in [-0.2, 0) is 27.8 Å². The van der Waals surface area contributed by atoms with E-state index in [4.69, 9.17) is 0 Å². The normalized spacial score (nSPS) is 16.1. The van der Waals surface area contributed by atoms with Gasteiger partial charge in [-0.05, 0) is 6.42 Å². The first-order valence-electron chi connectivity index (χ1n) is 6.16. The van der Waals surface area contributed by atoms with Gasteiger partial charge in [0.05, 0.1) is 11.4 Å². The lowest BCUT2D eigenvalue weighted by Gasteiger charge is -2.25. The molecule has 0 bridgehead atoms. The molecule has 0 aliphatic carbocycles. The Labute approximate surface area is 116 Å². The van der Waals surface area contributed by atoms with Crippen LogP contribution in [0.1, 0.15) is 30.8 Å². The van der Waals surface area contributed by atoms with E-state index in [1.807, 2.05) is 6.92 Å². The van der Waals surface area contributed by atoms with Crippen LogP contribution in [0.4, 0.5) is 5.13 Å². The summed E-state index contributed by atoms with van der Waals surface area (Å²) in [6.45, 7) is 4.13. The number of amides is 1. The highest BCUT2D eigenvalue weighted by molar-refractivity contribution is 7.89. The third-order valence-corrected chi connectivity index (χ3v) is 5.86. The average Bonchev–Trinajstić information content (AvgIpc) is 2.68. The molecular formula is C11H17N3O3S2. The van der Waals surface area contributed by atoms with E-state index in [0.717, 1.165) is 10.6 Å². The molecule has 1 aliphatic heterocycles. The number of aromatic nitrogens is 1. The molecule has 0 saturated heterocycles. The Bertz CT molecular complexity index is 580. The van der Waals surface area contributed by atoms with Crippen LogP contribution in [0.25, 0.3) is 0 Å². The lowest BCUT2D eigenvalue weighted by Crippen LogP contribution is -2.36. The van der Waals surface area contributed by atoms with Crippen LogP contribution in [-0.4, -0.2) is 35.9 Å². The van der Waals surface area contributed by atoms with Gasteiger partial charge < -0.3 is 5.32 Å². The smallest absolute Gasteiger partial charge is 0.223 e. The maximum atomic E-state index is 12.0. The highest BCUT2D eigenvalue weighted by Gasteiger charge is 2.28. The molecule has 0 spiro atoms. The Balaban J connectivity index is 2.16. The van der Waals surface area contributed by atoms with Gasteiger partial charge in [0.25, 0.3) is 0 Å². The number of nitrogens with one attached hydrogen (secondary N) is 1. The minimum absolute atomic E-state index is 0.165. The van der Waals surface area contributed by atoms with Crippen molar-refractivity contribution in [1.29, 1.82) is 0 Å². The average molecular weight is 303 g/mol. The summed E-state index contributed by atoms with van der Waals surface area (Å²) in [5.41, 5.74) is 0.900. The highest BCUT2D eigenvalue weighted by Crippen LogP contribution is 2.29. The number of anilines is 1. The molecule has 1 N–H and O–H groups in total. The summed E-state index contributed by atoms with van der Waals surface area (Å²) in [5.74, 6) is 0.0150. The summed E-state index contributed by atoms with van der Waals surface area (Å²) in [6, 6.07) is 0. The molecule has 1 amide bonds. The lowest BCUT2D eigenvalue weighted by atomic mass is 10.2. The van der Waals surface area contributed by atoms with Crippen LogP contribution in [0, 0.1) is 0 Å². The maximum Gasteiger partial charge on any atom is 0.223 e. The van der Waals surface area contributed by atoms with Crippen LogP contribution >= 0.6 is 11.3 Å². The van der Waals surface area contributed by atoms with Gasteiger partial charge in [-0.2, -0.15) is 4.31 Å². The summed E-state index contributed by atoms with van der Waals surface area (Å²) in [6.07, 6.45) is 1.22. The van der Waals surface area contributed by atoms with Crippen molar-refractivity contribution in [2.75, 3.05) is 17.6 Å². The standard InChI is InChI=1S/C11H17N3O3S2/c1-3-6-19(16,17)14-5-4-9-10(7-14)18-11(13-9)12-8(2)15/h3-7H2,1-2H3,(H,12,13,15). The first-order valence-corrected chi connectivity index (χ1v) is 8.59. The fourth-order valence-corrected chi connectivity index (χ4v) is 4.62. The molecule has 0 saturated carbocycles. The number of thiazole rings is 1. The van der Waals surface area contributed by atoms with Gasteiger partial charge >= 0.3 is 0 Å². The molecule has 19 heavy (non-hydrogen) atoms. The van der Waals surface area contributed by atoms with Gasteiger partial charge in [0.15, 0.2) is 5.13 Å². The number of fused-ring (bicyclic) bond motifs is 1. The molecule has 0 atom stereocenters. The third kappa shape index (κ3) is 3.31. The predicted molar refractivity (Wildman–Crippen MR) is 74.6 cm³/mol. The molecular weight excluding hydrogens is 286 g/mol. The SMILES string of the molecule is CCCS(=O)(=O)N1CCc2nc(NC(C)=O)sc2C1. The molecule has 0 radical (unpaired) electrons. The zero-order chi connectivity index (χ0) is 14.0. The Kier molecular flexibility index (Phi) is 4.22. The largest absolute Gasteiger partial charge is 0.302 e. The Morgan fingerprint density at radius 2 is 2.26 bits per heavy atom. The maximum absolute atomic E-state index is 12.0. The summed E-state index contributed by atoms with van der Waals surface area (Å²) in [4.78, 5) is 16.2. The first kappa shape index (κ1) is 14.4. The first-order chi connectivity index (χ1) is 8.92. The second-order valence-corrected chi connectivity index (χ2v) is 7.64. The number of hydrogen-bond acceptors (Lipinski definition) is 5. The van der Waals surface area contributed by atoms with Crippen molar-refractivity contribution in [3.8, 4) is 0 Å². The van der Waals surface area contributed by atoms with Crippen molar-refractivity contribution in [2.24, 2.45) is 0 Å². The Morgan fingerprint density at radius 3 is 2.89 bits per heavy atom. The summed E-state index contributed by atoms with van der Waals surface area (Å²) >= 11 is 1.35. The third-order valence-electron chi connectivity index (χ3n) is 2.83. The number of nitrogens with zero attached hydrogens (tertiary/aromatic N) is 2. The minimum Gasteiger partial charge on any atom is -0.302 e. The summed E-state index contributed by atoms with van der Waals surface area (Å²) in [5, 5.41) is 3.19. The van der Waals surface area contributed by atoms with Crippen LogP contribution in [0.15, 0.2) is 0 Å². The predicted octanol–water partition coefficient (Wildman–Crippen LogP) is 1.20. The quantitative estimate of drug-likeness (QED) is 0.906. The molecule has 8 heteroatoms. The molecule has 1 aromatic rings. The van der Waals surface area contributed by atoms with Crippen LogP contribution in [0.3, 0.4) is 0 Å². The zero-order valence-electron chi connectivity index (χ0n) is 11.0. The van der Waals surface area contributed by atoms with Crippen LogP contribution in [0.5, 0.6) is 0 Å². The minimum atomic E-state index is -3.17. The molecule has 0 fully saturated rings. The van der Waals surface area contributed by atoms with Gasteiger partial charge in [0.1, 0.15) is 0 Å². The van der Waals surface area contributed by atoms with Gasteiger partial charge in [-0.25, -0.2) is 13.4 Å². The van der Waals surface area contributed by atoms with Gasteiger partial charge in [-0.3, -0.25) is 4.79 Å². The fraction of sp³-hybridized carbons (Fsp3) is 0.636. The number of carbonyl (C=O) groups is 1. The topological polar surface area (TPSA) is 79.4 Å². The molecule has 0 unspecified atom stereocenters. The van der Waals surface area contributed by atoms with Crippen molar-refractivity contribution in [3.63, 3.8) is 0 Å². The van der Waals surface area contributed by atoms with E-state index in [9.17, 15) is 13.2 Å². The highest BCUT2D eigenvalue weighted by atomic mass is 32.2. The fourth-order valence-electron chi connectivity index (χ4n) is 2.00. The van der Waals surface area contributed by atoms with E-state index in [1.165, 1.54) is 22.6 Å². The summed E-state index contributed by atoms with van der Waals surface area (Å²) in [7, 11) is -3.17. The molecule has 1 aromatic heterocycles. The second-order valence-electron chi connectivity index (χ2n) is 4.47. The van der Waals surface area contributed by atoms with E-state index in [1.54, 1.807) is 0 Å². The van der Waals surface area contributed by atoms with Crippen molar-refractivity contribution < 1.29 is 13.2 Å². The van der Waals surface area contributed by atoms with Crippen molar-refractivity contribution in [1.82, 2.24) is 9.29 Å². The van der Waals surface area contributed by atoms with Crippen LogP contribution in [0.2, 0.25) is 0 Å². The number of sulfonamides is 1. The van der Waals surface area contributed by atoms with Gasteiger partial charge in [-0.1, -0.05) is 6.92 Å². The van der Waals surface area contributed by atoms with E-state index < -0.39 is 10.0 Å². The number of hydrogen-bond donors (Lipinski definition) is 1. The summed E-state index contributed by atoms with van der Waals surface area (Å²) < 4.78 is 25.5. The van der Waals surface area contributed by atoms with Crippen molar-refractivity contribution in [2.45, 2.75) is 33.2 Å². The van der Waals surface area contributed by atoms with E-state index in [-0.39, 0.29) is 11.7 Å². The zero-order valence-corrected chi connectivity index (χ0v) is 12.6. The van der Waals surface area contributed by atoms with Gasteiger partial charge in [-0.15, -0.1) is 11.3 Å². The monoisotopic (exact) mass is 303 g/mol. The molecule has 2 heterocycles. The number of rotatable bonds is 4. The van der Waals surface area contributed by atoms with Gasteiger partial charge in [0.2, 0.25) is 15.9 Å². The molecule has 1 aliphatic rings. The van der Waals surface area contributed by atoms with Crippen molar-refractivity contribution in [3.05, 3.63) is 10.6 Å². The van der Waals surface area contributed by atoms with Crippen molar-refractivity contribution >= 4 is 32.4 Å². The van der Waals surface area contributed by atoms with Crippen LogP contribution < -0.4 is 5.32 Å². The molecule has 2 rings (SSSR count). The second kappa shape index (κ2) is 5.56. The molecule has 106 valence electrons. The lowest BCUT2D eigenvalue weighted by molar-refractivity contribution is -0.114. The Morgan fingerprint density at radius 1 is 1.53 bits per heavy atom. The van der Waals surface area contributed by atoms with E-state index >= 15 is 0 Å². The Hall–Kier alpha value is -0.990. The molecule has 6 nitrogen and oxygen atoms in total.